The average Bonchev–Trinajstić information content (AvgIpc) is 2.56. The maximum absolute atomic E-state index is 12.1. The molecule has 0 saturated heterocycles. The van der Waals surface area contributed by atoms with Crippen LogP contribution in [0.5, 0.6) is 11.5 Å². The molecule has 2 rings (SSSR count). The van der Waals surface area contributed by atoms with Crippen LogP contribution in [-0.2, 0) is 11.2 Å². The Labute approximate surface area is 134 Å². The van der Waals surface area contributed by atoms with Crippen LogP contribution in [0.3, 0.4) is 0 Å². The number of carbonyl (C=O) groups is 1. The van der Waals surface area contributed by atoms with Crippen molar-refractivity contribution < 1.29 is 15.0 Å². The van der Waals surface area contributed by atoms with Crippen LogP contribution in [0.25, 0.3) is 6.08 Å². The average molecular weight is 307 g/mol. The zero-order chi connectivity index (χ0) is 16.7. The summed E-state index contributed by atoms with van der Waals surface area (Å²) >= 11 is 0. The van der Waals surface area contributed by atoms with Gasteiger partial charge in [0.05, 0.1) is 5.57 Å². The molecule has 4 heteroatoms. The standard InChI is InChI=1S/C19H17NO3/c20-13-16(11-15-9-10-18(22)19(23)12-15)17(21)8-4-7-14-5-2-1-3-6-14/h1-3,5-6,9-12,22-23H,4,7-8H2/b16-11+. The van der Waals surface area contributed by atoms with Crippen molar-refractivity contribution in [1.82, 2.24) is 0 Å². The summed E-state index contributed by atoms with van der Waals surface area (Å²) in [4.78, 5) is 12.1. The van der Waals surface area contributed by atoms with E-state index >= 15 is 0 Å². The Kier molecular flexibility index (Phi) is 5.54. The number of ketones is 1. The molecule has 4 nitrogen and oxygen atoms in total. The van der Waals surface area contributed by atoms with Gasteiger partial charge in [0, 0.05) is 6.42 Å². The van der Waals surface area contributed by atoms with E-state index in [0.29, 0.717) is 18.4 Å². The van der Waals surface area contributed by atoms with Crippen molar-refractivity contribution in [2.24, 2.45) is 0 Å². The summed E-state index contributed by atoms with van der Waals surface area (Å²) in [5.74, 6) is -0.751. The number of aryl methyl sites for hydroxylation is 1. The quantitative estimate of drug-likeness (QED) is 0.485. The van der Waals surface area contributed by atoms with Gasteiger partial charge >= 0.3 is 0 Å². The van der Waals surface area contributed by atoms with Gasteiger partial charge in [-0.3, -0.25) is 4.79 Å². The second-order valence-electron chi connectivity index (χ2n) is 5.18. The summed E-state index contributed by atoms with van der Waals surface area (Å²) in [6.07, 6.45) is 3.16. The van der Waals surface area contributed by atoms with Crippen LogP contribution < -0.4 is 0 Å². The SMILES string of the molecule is N#C/C(=C\c1ccc(O)c(O)c1)C(=O)CCCc1ccccc1. The summed E-state index contributed by atoms with van der Waals surface area (Å²) in [5, 5.41) is 27.9. The Morgan fingerprint density at radius 1 is 1.09 bits per heavy atom. The molecular weight excluding hydrogens is 290 g/mol. The van der Waals surface area contributed by atoms with Crippen molar-refractivity contribution in [3.05, 3.63) is 65.2 Å². The number of phenolic OH excluding ortho intramolecular Hbond substituents is 2. The Morgan fingerprint density at radius 2 is 1.83 bits per heavy atom. The molecule has 2 N–H and O–H groups in total. The van der Waals surface area contributed by atoms with E-state index in [1.54, 1.807) is 0 Å². The lowest BCUT2D eigenvalue weighted by molar-refractivity contribution is -0.115. The van der Waals surface area contributed by atoms with Crippen molar-refractivity contribution in [1.29, 1.82) is 5.26 Å². The molecule has 0 aromatic heterocycles. The van der Waals surface area contributed by atoms with Gasteiger partial charge in [0.2, 0.25) is 0 Å². The van der Waals surface area contributed by atoms with E-state index in [-0.39, 0.29) is 22.9 Å². The summed E-state index contributed by atoms with van der Waals surface area (Å²) in [6.45, 7) is 0. The summed E-state index contributed by atoms with van der Waals surface area (Å²) < 4.78 is 0. The molecule has 0 saturated carbocycles. The van der Waals surface area contributed by atoms with Crippen molar-refractivity contribution in [2.75, 3.05) is 0 Å². The predicted octanol–water partition coefficient (Wildman–Crippen LogP) is 3.60. The predicted molar refractivity (Wildman–Crippen MR) is 87.7 cm³/mol. The second kappa shape index (κ2) is 7.81. The first-order valence-electron chi connectivity index (χ1n) is 7.31. The van der Waals surface area contributed by atoms with Crippen molar-refractivity contribution in [2.45, 2.75) is 19.3 Å². The number of Topliss-reactive ketones (excluding diaryl/α,β-unsaturated/α-hetero) is 1. The van der Waals surface area contributed by atoms with Crippen LogP contribution in [-0.4, -0.2) is 16.0 Å². The first-order chi connectivity index (χ1) is 11.1. The molecule has 0 spiro atoms. The van der Waals surface area contributed by atoms with Crippen LogP contribution in [0, 0.1) is 11.3 Å². The fraction of sp³-hybridized carbons (Fsp3) is 0.158. The molecule has 2 aromatic carbocycles. The normalized spacial score (nSPS) is 11.0. The van der Waals surface area contributed by atoms with Crippen molar-refractivity contribution >= 4 is 11.9 Å². The zero-order valence-corrected chi connectivity index (χ0v) is 12.6. The number of allylic oxidation sites excluding steroid dienone is 1. The smallest absolute Gasteiger partial charge is 0.173 e. The van der Waals surface area contributed by atoms with E-state index in [1.807, 2.05) is 36.4 Å². The summed E-state index contributed by atoms with van der Waals surface area (Å²) in [7, 11) is 0. The number of hydrogen-bond donors (Lipinski definition) is 2. The fourth-order valence-electron chi connectivity index (χ4n) is 2.20. The number of rotatable bonds is 6. The number of aromatic hydroxyl groups is 2. The highest BCUT2D eigenvalue weighted by Crippen LogP contribution is 2.26. The fourth-order valence-corrected chi connectivity index (χ4v) is 2.20. The van der Waals surface area contributed by atoms with Gasteiger partial charge in [-0.15, -0.1) is 0 Å². The van der Waals surface area contributed by atoms with Crippen molar-refractivity contribution in [3.8, 4) is 17.6 Å². The van der Waals surface area contributed by atoms with E-state index in [9.17, 15) is 15.0 Å². The number of nitrogens with zero attached hydrogens (tertiary/aromatic N) is 1. The molecule has 2 aromatic rings. The molecule has 0 fully saturated rings. The monoisotopic (exact) mass is 307 g/mol. The van der Waals surface area contributed by atoms with Gasteiger partial charge in [-0.1, -0.05) is 36.4 Å². The number of hydrogen-bond acceptors (Lipinski definition) is 4. The molecule has 0 unspecified atom stereocenters. The van der Waals surface area contributed by atoms with Gasteiger partial charge in [-0.05, 0) is 42.2 Å². The number of benzene rings is 2. The Bertz CT molecular complexity index is 758. The minimum Gasteiger partial charge on any atom is -0.504 e. The first-order valence-corrected chi connectivity index (χ1v) is 7.31. The third-order valence-electron chi connectivity index (χ3n) is 3.44. The van der Waals surface area contributed by atoms with Gasteiger partial charge in [-0.2, -0.15) is 5.26 Å². The lowest BCUT2D eigenvalue weighted by atomic mass is 10.0. The largest absolute Gasteiger partial charge is 0.504 e. The van der Waals surface area contributed by atoms with Crippen LogP contribution in [0.15, 0.2) is 54.1 Å². The first kappa shape index (κ1) is 16.3. The van der Waals surface area contributed by atoms with Crippen LogP contribution in [0.1, 0.15) is 24.0 Å². The van der Waals surface area contributed by atoms with E-state index < -0.39 is 0 Å². The van der Waals surface area contributed by atoms with E-state index in [0.717, 1.165) is 12.0 Å². The molecule has 0 atom stereocenters. The topological polar surface area (TPSA) is 81.3 Å². The van der Waals surface area contributed by atoms with Crippen LogP contribution in [0.2, 0.25) is 0 Å². The highest BCUT2D eigenvalue weighted by atomic mass is 16.3. The molecular formula is C19H17NO3. The minimum atomic E-state index is -0.285. The summed E-state index contributed by atoms with van der Waals surface area (Å²) in [5.41, 5.74) is 1.70. The molecule has 116 valence electrons. The van der Waals surface area contributed by atoms with Gasteiger partial charge in [-0.25, -0.2) is 0 Å². The molecule has 0 bridgehead atoms. The van der Waals surface area contributed by atoms with Crippen LogP contribution in [0.4, 0.5) is 0 Å². The summed E-state index contributed by atoms with van der Waals surface area (Å²) in [6, 6.07) is 15.9. The van der Waals surface area contributed by atoms with E-state index in [2.05, 4.69) is 0 Å². The highest BCUT2D eigenvalue weighted by molar-refractivity contribution is 6.03. The van der Waals surface area contributed by atoms with Crippen molar-refractivity contribution in [3.63, 3.8) is 0 Å². The molecule has 0 heterocycles. The van der Waals surface area contributed by atoms with Gasteiger partial charge in [0.15, 0.2) is 17.3 Å². The lowest BCUT2D eigenvalue weighted by Gasteiger charge is -2.02. The third-order valence-corrected chi connectivity index (χ3v) is 3.44. The molecule has 0 aliphatic carbocycles. The Balaban J connectivity index is 1.99. The highest BCUT2D eigenvalue weighted by Gasteiger charge is 2.10. The zero-order valence-electron chi connectivity index (χ0n) is 12.6. The van der Waals surface area contributed by atoms with Crippen LogP contribution >= 0.6 is 0 Å². The second-order valence-corrected chi connectivity index (χ2v) is 5.18. The van der Waals surface area contributed by atoms with E-state index in [1.165, 1.54) is 24.3 Å². The maximum atomic E-state index is 12.1. The Hall–Kier alpha value is -3.06. The van der Waals surface area contributed by atoms with Gasteiger partial charge in [0.25, 0.3) is 0 Å². The number of nitriles is 1. The molecule has 0 aliphatic heterocycles. The Morgan fingerprint density at radius 3 is 2.48 bits per heavy atom. The molecule has 0 aliphatic rings. The maximum Gasteiger partial charge on any atom is 0.173 e. The lowest BCUT2D eigenvalue weighted by Crippen LogP contribution is -2.01. The molecule has 0 amide bonds. The molecule has 0 radical (unpaired) electrons. The molecule has 23 heavy (non-hydrogen) atoms. The van der Waals surface area contributed by atoms with E-state index in [4.69, 9.17) is 5.26 Å². The minimum absolute atomic E-state index is 0.0446. The van der Waals surface area contributed by atoms with Gasteiger partial charge in [0.1, 0.15) is 6.07 Å². The number of phenols is 2. The third kappa shape index (κ3) is 4.72. The number of carbonyl (C=O) groups excluding carboxylic acids is 1. The van der Waals surface area contributed by atoms with Gasteiger partial charge < -0.3 is 10.2 Å².